The fourth-order valence-electron chi connectivity index (χ4n) is 5.76. The zero-order valence-corrected chi connectivity index (χ0v) is 20.8. The predicted molar refractivity (Wildman–Crippen MR) is 132 cm³/mol. The summed E-state index contributed by atoms with van der Waals surface area (Å²) in [5, 5.41) is 31.5. The first-order chi connectivity index (χ1) is 17.4. The molecule has 0 amide bonds. The van der Waals surface area contributed by atoms with Gasteiger partial charge in [0.15, 0.2) is 0 Å². The lowest BCUT2D eigenvalue weighted by molar-refractivity contribution is -0.218. The Balaban J connectivity index is 1.31. The molecule has 1 aromatic rings. The Kier molecular flexibility index (Phi) is 7.30. The van der Waals surface area contributed by atoms with E-state index in [0.717, 1.165) is 37.8 Å². The fraction of sp³-hybridized carbons (Fsp3) is 0.615. The van der Waals surface area contributed by atoms with Crippen LogP contribution >= 0.6 is 0 Å². The molecule has 1 aliphatic carbocycles. The molecule has 196 valence electrons. The van der Waals surface area contributed by atoms with E-state index < -0.39 is 30.5 Å². The van der Waals surface area contributed by atoms with Crippen LogP contribution in [0.4, 0.5) is 4.39 Å². The molecule has 1 saturated carbocycles. The third-order valence-electron chi connectivity index (χ3n) is 7.80. The monoisotopic (exact) mass is 502 g/mol. The van der Waals surface area contributed by atoms with Crippen molar-refractivity contribution in [2.45, 2.75) is 87.9 Å². The Bertz CT molecular complexity index is 1040. The predicted octanol–water partition coefficient (Wildman–Crippen LogP) is 2.55. The number of halogens is 1. The lowest BCUT2D eigenvalue weighted by Gasteiger charge is -2.47. The zero-order valence-electron chi connectivity index (χ0n) is 20.8. The van der Waals surface area contributed by atoms with Gasteiger partial charge in [-0.3, -0.25) is 5.01 Å². The second-order valence-corrected chi connectivity index (χ2v) is 10.2. The van der Waals surface area contributed by atoms with Crippen molar-refractivity contribution in [1.82, 2.24) is 10.5 Å². The number of ether oxygens (including phenoxy) is 2. The van der Waals surface area contributed by atoms with Gasteiger partial charge in [-0.15, -0.1) is 0 Å². The van der Waals surface area contributed by atoms with Crippen molar-refractivity contribution in [2.24, 2.45) is 10.3 Å². The highest BCUT2D eigenvalue weighted by Crippen LogP contribution is 2.40. The van der Waals surface area contributed by atoms with Crippen LogP contribution in [0, 0.1) is 12.7 Å². The second kappa shape index (κ2) is 10.5. The van der Waals surface area contributed by atoms with E-state index in [1.807, 2.05) is 6.07 Å². The molecule has 0 radical (unpaired) electrons. The van der Waals surface area contributed by atoms with E-state index in [1.165, 1.54) is 12.5 Å². The Morgan fingerprint density at radius 3 is 2.72 bits per heavy atom. The molecule has 3 aliphatic heterocycles. The van der Waals surface area contributed by atoms with Crippen LogP contribution in [-0.2, 0) is 14.3 Å². The number of allylic oxidation sites excluding steroid dienone is 1. The molecule has 1 aromatic carbocycles. The van der Waals surface area contributed by atoms with Crippen LogP contribution in [0.2, 0.25) is 0 Å². The van der Waals surface area contributed by atoms with Crippen LogP contribution in [0.5, 0.6) is 0 Å². The van der Waals surface area contributed by atoms with Crippen molar-refractivity contribution in [3.8, 4) is 0 Å². The van der Waals surface area contributed by atoms with Gasteiger partial charge < -0.3 is 24.5 Å². The third kappa shape index (κ3) is 4.87. The number of nitrogens with zero attached hydrogens (tertiary/aromatic N) is 3. The fourth-order valence-corrected chi connectivity index (χ4v) is 5.76. The summed E-state index contributed by atoms with van der Waals surface area (Å²) in [6, 6.07) is 4.36. The minimum Gasteiger partial charge on any atom is -0.394 e. The standard InChI is InChI=1S/C26H35FN4O5/c1-16-6-7-17(12-19(16)27)20-8-11-31(30-28-20)23-24(33)22(15-32)35-21(25(23)34-2)13-18-14-26(36-29-18)9-4-3-5-10-26/h6-8,11-12,21-25,30,32-33H,3-5,9-10,13-15H2,1-2H3/t21-,22-,23+,24+,25+/m1/s1. The molecule has 2 fully saturated rings. The van der Waals surface area contributed by atoms with Gasteiger partial charge >= 0.3 is 0 Å². The molecular formula is C26H35FN4O5. The van der Waals surface area contributed by atoms with Gasteiger partial charge in [-0.1, -0.05) is 23.7 Å². The average molecular weight is 503 g/mol. The summed E-state index contributed by atoms with van der Waals surface area (Å²) in [5.41, 5.74) is 5.44. The maximum absolute atomic E-state index is 14.0. The van der Waals surface area contributed by atoms with Crippen LogP contribution < -0.4 is 5.53 Å². The third-order valence-corrected chi connectivity index (χ3v) is 7.80. The lowest BCUT2D eigenvalue weighted by Crippen LogP contribution is -2.66. The van der Waals surface area contributed by atoms with Gasteiger partial charge in [0.2, 0.25) is 0 Å². The molecule has 3 N–H and O–H groups in total. The van der Waals surface area contributed by atoms with Crippen molar-refractivity contribution in [1.29, 1.82) is 0 Å². The van der Waals surface area contributed by atoms with Crippen LogP contribution in [0.25, 0.3) is 0 Å². The summed E-state index contributed by atoms with van der Waals surface area (Å²) in [7, 11) is 1.58. The van der Waals surface area contributed by atoms with Gasteiger partial charge in [0.1, 0.15) is 35.8 Å². The van der Waals surface area contributed by atoms with E-state index in [9.17, 15) is 14.6 Å². The molecule has 5 rings (SSSR count). The van der Waals surface area contributed by atoms with E-state index >= 15 is 0 Å². The molecule has 36 heavy (non-hydrogen) atoms. The highest BCUT2D eigenvalue weighted by atomic mass is 19.1. The summed E-state index contributed by atoms with van der Waals surface area (Å²) in [4.78, 5) is 5.91. The summed E-state index contributed by atoms with van der Waals surface area (Å²) < 4.78 is 26.0. The number of rotatable bonds is 6. The molecule has 0 aromatic heterocycles. The molecule has 0 unspecified atom stereocenters. The van der Waals surface area contributed by atoms with Gasteiger partial charge in [0.05, 0.1) is 24.1 Å². The van der Waals surface area contributed by atoms with Gasteiger partial charge in [-0.2, -0.15) is 5.10 Å². The minimum absolute atomic E-state index is 0.197. The highest BCUT2D eigenvalue weighted by molar-refractivity contribution is 6.08. The number of aryl methyl sites for hydroxylation is 1. The Morgan fingerprint density at radius 1 is 1.25 bits per heavy atom. The summed E-state index contributed by atoms with van der Waals surface area (Å²) >= 11 is 0. The number of oxime groups is 1. The molecule has 10 heteroatoms. The van der Waals surface area contributed by atoms with Crippen molar-refractivity contribution in [3.63, 3.8) is 0 Å². The highest BCUT2D eigenvalue weighted by Gasteiger charge is 2.49. The molecule has 3 heterocycles. The number of benzene rings is 1. The van der Waals surface area contributed by atoms with Crippen LogP contribution in [0.3, 0.4) is 0 Å². The largest absolute Gasteiger partial charge is 0.394 e. The van der Waals surface area contributed by atoms with Gasteiger partial charge in [0.25, 0.3) is 0 Å². The molecule has 1 spiro atoms. The summed E-state index contributed by atoms with van der Waals surface area (Å²) in [6.07, 6.45) is 7.44. The molecule has 5 atom stereocenters. The van der Waals surface area contributed by atoms with E-state index in [2.05, 4.69) is 15.8 Å². The second-order valence-electron chi connectivity index (χ2n) is 10.2. The van der Waals surface area contributed by atoms with Gasteiger partial charge in [-0.05, 0) is 50.3 Å². The minimum atomic E-state index is -1.05. The number of methoxy groups -OCH3 is 1. The van der Waals surface area contributed by atoms with Crippen LogP contribution in [0.1, 0.15) is 56.1 Å². The van der Waals surface area contributed by atoms with E-state index in [4.69, 9.17) is 14.3 Å². The average Bonchev–Trinajstić information content (AvgIpc) is 3.28. The van der Waals surface area contributed by atoms with Crippen LogP contribution in [0.15, 0.2) is 40.7 Å². The maximum atomic E-state index is 14.0. The first kappa shape index (κ1) is 25.1. The number of nitrogens with one attached hydrogen (secondary N) is 1. The van der Waals surface area contributed by atoms with Crippen molar-refractivity contribution in [3.05, 3.63) is 47.4 Å². The first-order valence-electron chi connectivity index (χ1n) is 12.7. The Morgan fingerprint density at radius 2 is 2.06 bits per heavy atom. The lowest BCUT2D eigenvalue weighted by atomic mass is 9.80. The number of hydrogen-bond donors (Lipinski definition) is 3. The number of aliphatic hydroxyl groups excluding tert-OH is 2. The molecule has 4 aliphatic rings. The topological polar surface area (TPSA) is 108 Å². The number of hydrazine groups is 1. The molecular weight excluding hydrogens is 467 g/mol. The van der Waals surface area contributed by atoms with Crippen LogP contribution in [-0.4, -0.2) is 76.4 Å². The number of hydrazone groups is 1. The van der Waals surface area contributed by atoms with Crippen molar-refractivity contribution in [2.75, 3.05) is 13.7 Å². The molecule has 9 nitrogen and oxygen atoms in total. The zero-order chi connectivity index (χ0) is 25.3. The quantitative estimate of drug-likeness (QED) is 0.549. The first-order valence-corrected chi connectivity index (χ1v) is 12.7. The number of aliphatic hydroxyl groups is 2. The van der Waals surface area contributed by atoms with Gasteiger partial charge in [-0.25, -0.2) is 9.93 Å². The Labute approximate surface area is 210 Å². The molecule has 1 saturated heterocycles. The Hall–Kier alpha value is -2.53. The van der Waals surface area contributed by atoms with Crippen molar-refractivity contribution >= 4 is 11.4 Å². The van der Waals surface area contributed by atoms with E-state index in [0.29, 0.717) is 23.3 Å². The summed E-state index contributed by atoms with van der Waals surface area (Å²) in [5.74, 6) is -0.298. The summed E-state index contributed by atoms with van der Waals surface area (Å²) in [6.45, 7) is 1.37. The van der Waals surface area contributed by atoms with E-state index in [-0.39, 0.29) is 18.0 Å². The van der Waals surface area contributed by atoms with Gasteiger partial charge in [0, 0.05) is 31.7 Å². The normalized spacial score (nSPS) is 31.6. The smallest absolute Gasteiger partial charge is 0.143 e. The molecule has 0 bridgehead atoms. The van der Waals surface area contributed by atoms with E-state index in [1.54, 1.807) is 37.4 Å². The number of hydrogen-bond acceptors (Lipinski definition) is 9. The SMILES string of the molecule is CO[C@@H]1[C@@H](N2C=CC(c3ccc(C)c(F)c3)=NN2)[C@@H](O)[C@@H](CO)O[C@@H]1CC1=NOC2(CCCCC2)C1. The maximum Gasteiger partial charge on any atom is 0.143 e. The van der Waals surface area contributed by atoms with Crippen molar-refractivity contribution < 1.29 is 28.9 Å².